The number of rotatable bonds is 4. The number of anilines is 1. The van der Waals surface area contributed by atoms with Gasteiger partial charge < -0.3 is 10.1 Å². The summed E-state index contributed by atoms with van der Waals surface area (Å²) in [6.07, 6.45) is 9.99. The third-order valence-electron chi connectivity index (χ3n) is 4.18. The minimum atomic E-state index is 0.580. The first-order chi connectivity index (χ1) is 11.4. The van der Waals surface area contributed by atoms with Gasteiger partial charge in [0.15, 0.2) is 5.13 Å². The second-order valence-corrected chi connectivity index (χ2v) is 6.94. The van der Waals surface area contributed by atoms with Crippen LogP contribution >= 0.6 is 11.3 Å². The molecule has 2 heterocycles. The van der Waals surface area contributed by atoms with Crippen molar-refractivity contribution in [3.63, 3.8) is 0 Å². The number of nitrogens with zero attached hydrogens (tertiary/aromatic N) is 2. The summed E-state index contributed by atoms with van der Waals surface area (Å²) in [7, 11) is 0. The first-order valence-electron chi connectivity index (χ1n) is 8.12. The van der Waals surface area contributed by atoms with E-state index in [-0.39, 0.29) is 0 Å². The average molecular weight is 325 g/mol. The SMILES string of the molecule is c1cc(Oc2ccc3nc(NC4CCCCC4)sc3c2)ccn1. The molecule has 0 radical (unpaired) electrons. The fourth-order valence-electron chi connectivity index (χ4n) is 2.99. The van der Waals surface area contributed by atoms with E-state index in [9.17, 15) is 0 Å². The van der Waals surface area contributed by atoms with Gasteiger partial charge in [0.1, 0.15) is 11.5 Å². The third kappa shape index (κ3) is 3.45. The van der Waals surface area contributed by atoms with Gasteiger partial charge in [0, 0.05) is 24.5 Å². The first kappa shape index (κ1) is 14.5. The van der Waals surface area contributed by atoms with Crippen molar-refractivity contribution in [2.45, 2.75) is 38.1 Å². The second-order valence-electron chi connectivity index (χ2n) is 5.91. The van der Waals surface area contributed by atoms with E-state index in [1.807, 2.05) is 24.3 Å². The van der Waals surface area contributed by atoms with Gasteiger partial charge in [0.05, 0.1) is 10.2 Å². The van der Waals surface area contributed by atoms with Crippen LogP contribution in [0.5, 0.6) is 11.5 Å². The molecule has 4 nitrogen and oxygen atoms in total. The summed E-state index contributed by atoms with van der Waals surface area (Å²) in [5.41, 5.74) is 1.02. The van der Waals surface area contributed by atoms with E-state index in [0.717, 1.165) is 26.8 Å². The molecular formula is C18H19N3OS. The lowest BCUT2D eigenvalue weighted by atomic mass is 9.96. The Kier molecular flexibility index (Phi) is 4.11. The minimum absolute atomic E-state index is 0.580. The van der Waals surface area contributed by atoms with Gasteiger partial charge in [0.2, 0.25) is 0 Å². The minimum Gasteiger partial charge on any atom is -0.457 e. The van der Waals surface area contributed by atoms with Crippen molar-refractivity contribution < 1.29 is 4.74 Å². The summed E-state index contributed by atoms with van der Waals surface area (Å²) < 4.78 is 7.01. The summed E-state index contributed by atoms with van der Waals surface area (Å²) in [5.74, 6) is 1.63. The molecule has 0 bridgehead atoms. The molecule has 1 N–H and O–H groups in total. The van der Waals surface area contributed by atoms with Crippen molar-refractivity contribution in [3.8, 4) is 11.5 Å². The Hall–Kier alpha value is -2.14. The zero-order chi connectivity index (χ0) is 15.5. The Balaban J connectivity index is 1.52. The molecule has 4 rings (SSSR count). The maximum absolute atomic E-state index is 5.86. The number of nitrogens with one attached hydrogen (secondary N) is 1. The summed E-state index contributed by atoms with van der Waals surface area (Å²) in [5, 5.41) is 4.62. The van der Waals surface area contributed by atoms with Crippen molar-refractivity contribution in [2.75, 3.05) is 5.32 Å². The van der Waals surface area contributed by atoms with Crippen molar-refractivity contribution >= 4 is 26.7 Å². The van der Waals surface area contributed by atoms with Gasteiger partial charge >= 0.3 is 0 Å². The van der Waals surface area contributed by atoms with Crippen molar-refractivity contribution in [2.24, 2.45) is 0 Å². The number of ether oxygens (including phenoxy) is 1. The molecule has 1 aliphatic carbocycles. The molecule has 2 aromatic heterocycles. The Labute approximate surface area is 139 Å². The number of hydrogen-bond acceptors (Lipinski definition) is 5. The molecule has 0 aliphatic heterocycles. The van der Waals surface area contributed by atoms with E-state index in [2.05, 4.69) is 16.4 Å². The van der Waals surface area contributed by atoms with Crippen LogP contribution in [0.3, 0.4) is 0 Å². The van der Waals surface area contributed by atoms with E-state index in [1.165, 1.54) is 32.1 Å². The predicted molar refractivity (Wildman–Crippen MR) is 94.4 cm³/mol. The summed E-state index contributed by atoms with van der Waals surface area (Å²) >= 11 is 1.70. The number of pyridine rings is 1. The smallest absolute Gasteiger partial charge is 0.184 e. The molecule has 0 amide bonds. The lowest BCUT2D eigenvalue weighted by molar-refractivity contribution is 0.462. The highest BCUT2D eigenvalue weighted by atomic mass is 32.1. The van der Waals surface area contributed by atoms with Crippen LogP contribution in [0.4, 0.5) is 5.13 Å². The van der Waals surface area contributed by atoms with Gasteiger partial charge in [-0.3, -0.25) is 4.98 Å². The monoisotopic (exact) mass is 325 g/mol. The largest absolute Gasteiger partial charge is 0.457 e. The van der Waals surface area contributed by atoms with Crippen LogP contribution in [-0.4, -0.2) is 16.0 Å². The molecule has 5 heteroatoms. The molecule has 3 aromatic rings. The molecule has 0 spiro atoms. The Morgan fingerprint density at radius 2 is 1.83 bits per heavy atom. The Morgan fingerprint density at radius 3 is 2.65 bits per heavy atom. The number of thiazole rings is 1. The zero-order valence-corrected chi connectivity index (χ0v) is 13.7. The molecule has 23 heavy (non-hydrogen) atoms. The number of fused-ring (bicyclic) bond motifs is 1. The molecule has 0 atom stereocenters. The van der Waals surface area contributed by atoms with Crippen LogP contribution in [0.1, 0.15) is 32.1 Å². The summed E-state index contributed by atoms with van der Waals surface area (Å²) in [6.45, 7) is 0. The van der Waals surface area contributed by atoms with E-state index in [4.69, 9.17) is 9.72 Å². The molecule has 0 saturated heterocycles. The number of hydrogen-bond donors (Lipinski definition) is 1. The van der Waals surface area contributed by atoms with Crippen molar-refractivity contribution in [3.05, 3.63) is 42.7 Å². The molecule has 1 aromatic carbocycles. The number of benzene rings is 1. The van der Waals surface area contributed by atoms with Gasteiger partial charge in [0.25, 0.3) is 0 Å². The highest BCUT2D eigenvalue weighted by Gasteiger charge is 2.15. The van der Waals surface area contributed by atoms with E-state index in [1.54, 1.807) is 23.7 Å². The van der Waals surface area contributed by atoms with Crippen LogP contribution in [0.25, 0.3) is 10.2 Å². The molecular weight excluding hydrogens is 306 g/mol. The Morgan fingerprint density at radius 1 is 1.00 bits per heavy atom. The lowest BCUT2D eigenvalue weighted by Crippen LogP contribution is -2.21. The molecule has 1 aliphatic rings. The fourth-order valence-corrected chi connectivity index (χ4v) is 3.97. The van der Waals surface area contributed by atoms with Crippen molar-refractivity contribution in [1.29, 1.82) is 0 Å². The van der Waals surface area contributed by atoms with Gasteiger partial charge in [-0.1, -0.05) is 30.6 Å². The maximum Gasteiger partial charge on any atom is 0.184 e. The van der Waals surface area contributed by atoms with Crippen molar-refractivity contribution in [1.82, 2.24) is 9.97 Å². The van der Waals surface area contributed by atoms with Crippen LogP contribution in [-0.2, 0) is 0 Å². The van der Waals surface area contributed by atoms with E-state index in [0.29, 0.717) is 6.04 Å². The average Bonchev–Trinajstić information content (AvgIpc) is 2.98. The highest BCUT2D eigenvalue weighted by molar-refractivity contribution is 7.22. The normalized spacial score (nSPS) is 15.7. The zero-order valence-electron chi connectivity index (χ0n) is 12.9. The number of aromatic nitrogens is 2. The van der Waals surface area contributed by atoms with E-state index >= 15 is 0 Å². The van der Waals surface area contributed by atoms with Gasteiger partial charge in [-0.25, -0.2) is 4.98 Å². The standard InChI is InChI=1S/C18H19N3OS/c1-2-4-13(5-3-1)20-18-21-16-7-6-15(12-17(16)23-18)22-14-8-10-19-11-9-14/h6-13H,1-5H2,(H,20,21). The maximum atomic E-state index is 5.86. The first-order valence-corrected chi connectivity index (χ1v) is 8.93. The summed E-state index contributed by atoms with van der Waals surface area (Å²) in [4.78, 5) is 8.70. The van der Waals surface area contributed by atoms with E-state index < -0.39 is 0 Å². The predicted octanol–water partition coefficient (Wildman–Crippen LogP) is 5.23. The van der Waals surface area contributed by atoms with Gasteiger partial charge in [-0.2, -0.15) is 0 Å². The Bertz CT molecular complexity index is 781. The molecule has 1 saturated carbocycles. The van der Waals surface area contributed by atoms with Crippen LogP contribution in [0.2, 0.25) is 0 Å². The van der Waals surface area contributed by atoms with Gasteiger partial charge in [-0.15, -0.1) is 0 Å². The van der Waals surface area contributed by atoms with Gasteiger partial charge in [-0.05, 0) is 37.1 Å². The second kappa shape index (κ2) is 6.54. The molecule has 118 valence electrons. The molecule has 1 fully saturated rings. The highest BCUT2D eigenvalue weighted by Crippen LogP contribution is 2.32. The molecule has 0 unspecified atom stereocenters. The van der Waals surface area contributed by atoms with Crippen LogP contribution in [0, 0.1) is 0 Å². The van der Waals surface area contributed by atoms with Crippen LogP contribution < -0.4 is 10.1 Å². The third-order valence-corrected chi connectivity index (χ3v) is 5.13. The van der Waals surface area contributed by atoms with Crippen LogP contribution in [0.15, 0.2) is 42.7 Å². The lowest BCUT2D eigenvalue weighted by Gasteiger charge is -2.22. The quantitative estimate of drug-likeness (QED) is 0.713. The fraction of sp³-hybridized carbons (Fsp3) is 0.333. The topological polar surface area (TPSA) is 47.0 Å². The summed E-state index contributed by atoms with van der Waals surface area (Å²) in [6, 6.07) is 10.3.